The zero-order chi connectivity index (χ0) is 15.2. The number of halogens is 1. The maximum Gasteiger partial charge on any atom is 0.289 e. The smallest absolute Gasteiger partial charge is 0.289 e. The molecule has 0 radical (unpaired) electrons. The van der Waals surface area contributed by atoms with Crippen LogP contribution in [0.5, 0.6) is 0 Å². The lowest BCUT2D eigenvalue weighted by atomic mass is 10.1. The van der Waals surface area contributed by atoms with E-state index in [0.29, 0.717) is 18.5 Å². The van der Waals surface area contributed by atoms with Gasteiger partial charge in [0.05, 0.1) is 4.92 Å². The van der Waals surface area contributed by atoms with Crippen molar-refractivity contribution in [2.75, 3.05) is 11.9 Å². The molecule has 2 aromatic rings. The standard InChI is InChI=1S/C14H11FN4O2/c15-13-4-2-1-3-10(13)5-6-17-14-11(8-16)7-12(9-18-14)19(20)21/h1-4,7,9H,5-6H2,(H,17,18). The molecule has 0 aliphatic heterocycles. The van der Waals surface area contributed by atoms with Gasteiger partial charge in [-0.05, 0) is 18.1 Å². The third kappa shape index (κ3) is 3.51. The van der Waals surface area contributed by atoms with Crippen LogP contribution in [-0.4, -0.2) is 16.5 Å². The zero-order valence-corrected chi connectivity index (χ0v) is 10.9. The van der Waals surface area contributed by atoms with Gasteiger partial charge in [0.25, 0.3) is 5.69 Å². The molecule has 0 amide bonds. The molecule has 21 heavy (non-hydrogen) atoms. The molecule has 0 saturated carbocycles. The summed E-state index contributed by atoms with van der Waals surface area (Å²) in [6, 6.07) is 9.39. The van der Waals surface area contributed by atoms with Gasteiger partial charge >= 0.3 is 0 Å². The van der Waals surface area contributed by atoms with Crippen molar-refractivity contribution in [3.8, 4) is 6.07 Å². The molecule has 0 bridgehead atoms. The fourth-order valence-corrected chi connectivity index (χ4v) is 1.80. The van der Waals surface area contributed by atoms with E-state index in [9.17, 15) is 14.5 Å². The molecule has 0 atom stereocenters. The van der Waals surface area contributed by atoms with Gasteiger partial charge in [0, 0.05) is 12.6 Å². The monoisotopic (exact) mass is 286 g/mol. The van der Waals surface area contributed by atoms with E-state index in [-0.39, 0.29) is 22.9 Å². The number of hydrogen-bond acceptors (Lipinski definition) is 5. The number of benzene rings is 1. The van der Waals surface area contributed by atoms with Crippen molar-refractivity contribution in [1.82, 2.24) is 4.98 Å². The molecule has 0 fully saturated rings. The second-order valence-electron chi connectivity index (χ2n) is 4.23. The van der Waals surface area contributed by atoms with Crippen LogP contribution < -0.4 is 5.32 Å². The summed E-state index contributed by atoms with van der Waals surface area (Å²) in [7, 11) is 0. The van der Waals surface area contributed by atoms with Crippen LogP contribution in [0.1, 0.15) is 11.1 Å². The number of aromatic nitrogens is 1. The Morgan fingerprint density at radius 2 is 2.19 bits per heavy atom. The fraction of sp³-hybridized carbons (Fsp3) is 0.143. The molecule has 0 spiro atoms. The van der Waals surface area contributed by atoms with Crippen LogP contribution in [0.25, 0.3) is 0 Å². The molecular formula is C14H11FN4O2. The summed E-state index contributed by atoms with van der Waals surface area (Å²) in [5.41, 5.74) is 0.384. The summed E-state index contributed by atoms with van der Waals surface area (Å²) in [6.07, 6.45) is 1.49. The predicted molar refractivity (Wildman–Crippen MR) is 74.2 cm³/mol. The first kappa shape index (κ1) is 14.4. The third-order valence-corrected chi connectivity index (χ3v) is 2.85. The number of hydrogen-bond donors (Lipinski definition) is 1. The lowest BCUT2D eigenvalue weighted by molar-refractivity contribution is -0.385. The van der Waals surface area contributed by atoms with Gasteiger partial charge in [0.15, 0.2) is 0 Å². The predicted octanol–water partition coefficient (Wildman–Crippen LogP) is 2.66. The largest absolute Gasteiger partial charge is 0.369 e. The minimum Gasteiger partial charge on any atom is -0.369 e. The molecule has 1 aromatic heterocycles. The number of nitrogens with one attached hydrogen (secondary N) is 1. The van der Waals surface area contributed by atoms with E-state index in [4.69, 9.17) is 5.26 Å². The molecule has 1 N–H and O–H groups in total. The number of nitro groups is 1. The van der Waals surface area contributed by atoms with Crippen LogP contribution >= 0.6 is 0 Å². The first-order chi connectivity index (χ1) is 10.1. The summed E-state index contributed by atoms with van der Waals surface area (Å²) in [6.45, 7) is 0.362. The average molecular weight is 286 g/mol. The van der Waals surface area contributed by atoms with E-state index in [2.05, 4.69) is 10.3 Å². The molecule has 2 rings (SSSR count). The Bertz CT molecular complexity index is 712. The van der Waals surface area contributed by atoms with E-state index >= 15 is 0 Å². The summed E-state index contributed by atoms with van der Waals surface area (Å²) < 4.78 is 13.4. The SMILES string of the molecule is N#Cc1cc([N+](=O)[O-])cnc1NCCc1ccccc1F. The van der Waals surface area contributed by atoms with Gasteiger partial charge in [0.2, 0.25) is 0 Å². The molecule has 106 valence electrons. The van der Waals surface area contributed by atoms with E-state index in [1.165, 1.54) is 6.07 Å². The molecule has 0 aliphatic carbocycles. The van der Waals surface area contributed by atoms with Crippen LogP contribution in [-0.2, 0) is 6.42 Å². The number of anilines is 1. The summed E-state index contributed by atoms with van der Waals surface area (Å²) in [5.74, 6) is -0.0455. The highest BCUT2D eigenvalue weighted by Gasteiger charge is 2.12. The Kier molecular flexibility index (Phi) is 4.41. The molecule has 6 nitrogen and oxygen atoms in total. The Hall–Kier alpha value is -3.01. The summed E-state index contributed by atoms with van der Waals surface area (Å²) in [5, 5.41) is 22.5. The van der Waals surface area contributed by atoms with Crippen LogP contribution in [0, 0.1) is 27.3 Å². The maximum atomic E-state index is 13.4. The minimum atomic E-state index is -0.614. The first-order valence-corrected chi connectivity index (χ1v) is 6.13. The number of rotatable bonds is 5. The van der Waals surface area contributed by atoms with Gasteiger partial charge in [-0.3, -0.25) is 10.1 Å². The highest BCUT2D eigenvalue weighted by molar-refractivity contribution is 5.55. The normalized spacial score (nSPS) is 9.90. The maximum absolute atomic E-state index is 13.4. The highest BCUT2D eigenvalue weighted by Crippen LogP contribution is 2.18. The van der Waals surface area contributed by atoms with Crippen molar-refractivity contribution in [2.45, 2.75) is 6.42 Å². The van der Waals surface area contributed by atoms with Crippen LogP contribution in [0.4, 0.5) is 15.9 Å². The topological polar surface area (TPSA) is 91.8 Å². The Labute approximate surface area is 120 Å². The van der Waals surface area contributed by atoms with Crippen molar-refractivity contribution in [3.63, 3.8) is 0 Å². The van der Waals surface area contributed by atoms with E-state index in [0.717, 1.165) is 12.3 Å². The van der Waals surface area contributed by atoms with Gasteiger partial charge in [0.1, 0.15) is 29.5 Å². The van der Waals surface area contributed by atoms with E-state index < -0.39 is 4.92 Å². The molecular weight excluding hydrogens is 275 g/mol. The Morgan fingerprint density at radius 1 is 1.43 bits per heavy atom. The first-order valence-electron chi connectivity index (χ1n) is 6.13. The Balaban J connectivity index is 2.05. The number of nitrogens with zero attached hydrogens (tertiary/aromatic N) is 3. The van der Waals surface area contributed by atoms with Crippen LogP contribution in [0.15, 0.2) is 36.5 Å². The lowest BCUT2D eigenvalue weighted by Crippen LogP contribution is -2.09. The average Bonchev–Trinajstić information content (AvgIpc) is 2.49. The van der Waals surface area contributed by atoms with Crippen molar-refractivity contribution in [1.29, 1.82) is 5.26 Å². The van der Waals surface area contributed by atoms with Crippen LogP contribution in [0.2, 0.25) is 0 Å². The zero-order valence-electron chi connectivity index (χ0n) is 10.9. The third-order valence-electron chi connectivity index (χ3n) is 2.85. The molecule has 0 saturated heterocycles. The number of pyridine rings is 1. The molecule has 0 unspecified atom stereocenters. The number of nitriles is 1. The van der Waals surface area contributed by atoms with Crippen molar-refractivity contribution in [3.05, 3.63) is 63.6 Å². The Morgan fingerprint density at radius 3 is 2.86 bits per heavy atom. The quantitative estimate of drug-likeness (QED) is 0.673. The van der Waals surface area contributed by atoms with Gasteiger partial charge < -0.3 is 5.32 Å². The van der Waals surface area contributed by atoms with Crippen molar-refractivity contribution in [2.24, 2.45) is 0 Å². The second-order valence-corrected chi connectivity index (χ2v) is 4.23. The summed E-state index contributed by atoms with van der Waals surface area (Å²) >= 11 is 0. The minimum absolute atomic E-state index is 0.0812. The lowest BCUT2D eigenvalue weighted by Gasteiger charge is -2.07. The van der Waals surface area contributed by atoms with Crippen molar-refractivity contribution < 1.29 is 9.31 Å². The molecule has 7 heteroatoms. The van der Waals surface area contributed by atoms with Gasteiger partial charge in [-0.15, -0.1) is 0 Å². The van der Waals surface area contributed by atoms with E-state index in [1.807, 2.05) is 6.07 Å². The van der Waals surface area contributed by atoms with Crippen LogP contribution in [0.3, 0.4) is 0 Å². The summed E-state index contributed by atoms with van der Waals surface area (Å²) in [4.78, 5) is 13.9. The molecule has 1 aromatic carbocycles. The molecule has 1 heterocycles. The van der Waals surface area contributed by atoms with Gasteiger partial charge in [-0.1, -0.05) is 18.2 Å². The highest BCUT2D eigenvalue weighted by atomic mass is 19.1. The van der Waals surface area contributed by atoms with Gasteiger partial charge in [-0.25, -0.2) is 9.37 Å². The van der Waals surface area contributed by atoms with Crippen molar-refractivity contribution >= 4 is 11.5 Å². The second kappa shape index (κ2) is 6.43. The van der Waals surface area contributed by atoms with E-state index in [1.54, 1.807) is 18.2 Å². The van der Waals surface area contributed by atoms with Gasteiger partial charge in [-0.2, -0.15) is 5.26 Å². The molecule has 0 aliphatic rings. The fourth-order valence-electron chi connectivity index (χ4n) is 1.80.